The zero-order valence-electron chi connectivity index (χ0n) is 14.4. The maximum Gasteiger partial charge on any atom is 0.438 e. The summed E-state index contributed by atoms with van der Waals surface area (Å²) < 4.78 is 6.81. The minimum atomic E-state index is -0.415. The molecular weight excluding hydrogens is 378 g/mol. The van der Waals surface area contributed by atoms with E-state index < -0.39 is 5.76 Å². The fraction of sp³-hybridized carbons (Fsp3) is 0.200. The van der Waals surface area contributed by atoms with Crippen LogP contribution in [0.15, 0.2) is 68.5 Å². The van der Waals surface area contributed by atoms with E-state index in [1.807, 2.05) is 34.9 Å². The number of thiophene rings is 2. The van der Waals surface area contributed by atoms with Gasteiger partial charge in [-0.2, -0.15) is 4.68 Å². The predicted octanol–water partition coefficient (Wildman–Crippen LogP) is 4.23. The van der Waals surface area contributed by atoms with Crippen LogP contribution < -0.4 is 5.76 Å². The summed E-state index contributed by atoms with van der Waals surface area (Å²) in [5.74, 6) is -0.0270. The van der Waals surface area contributed by atoms with Crippen LogP contribution in [-0.4, -0.2) is 21.2 Å². The highest BCUT2D eigenvalue weighted by Gasteiger charge is 2.30. The van der Waals surface area contributed by atoms with Crippen molar-refractivity contribution in [3.8, 4) is 10.8 Å². The Morgan fingerprint density at radius 3 is 2.78 bits per heavy atom. The first-order valence-corrected chi connectivity index (χ1v) is 10.5. The normalized spacial score (nSPS) is 17.1. The average Bonchev–Trinajstić information content (AvgIpc) is 3.43. The summed E-state index contributed by atoms with van der Waals surface area (Å²) in [5, 5.41) is 8.53. The quantitative estimate of drug-likeness (QED) is 0.519. The summed E-state index contributed by atoms with van der Waals surface area (Å²) in [4.78, 5) is 16.9. The highest BCUT2D eigenvalue weighted by Crippen LogP contribution is 2.37. The van der Waals surface area contributed by atoms with Crippen LogP contribution in [0.25, 0.3) is 10.8 Å². The van der Waals surface area contributed by atoms with Crippen LogP contribution in [0, 0.1) is 0 Å². The van der Waals surface area contributed by atoms with E-state index in [1.165, 1.54) is 32.0 Å². The molecule has 5 nitrogen and oxygen atoms in total. The maximum atomic E-state index is 12.4. The molecule has 1 atom stereocenters. The van der Waals surface area contributed by atoms with Gasteiger partial charge in [0.25, 0.3) is 5.89 Å². The Kier molecular flexibility index (Phi) is 4.27. The highest BCUT2D eigenvalue weighted by atomic mass is 32.1. The van der Waals surface area contributed by atoms with Gasteiger partial charge in [0.05, 0.1) is 10.9 Å². The Balaban J connectivity index is 1.50. The molecule has 4 heterocycles. The van der Waals surface area contributed by atoms with E-state index in [0.29, 0.717) is 12.6 Å². The average molecular weight is 396 g/mol. The largest absolute Gasteiger partial charge is 0.438 e. The molecule has 7 heteroatoms. The van der Waals surface area contributed by atoms with Gasteiger partial charge in [-0.15, -0.1) is 27.8 Å². The summed E-state index contributed by atoms with van der Waals surface area (Å²) in [6.45, 7) is 1.28. The summed E-state index contributed by atoms with van der Waals surface area (Å²) in [5.41, 5.74) is 2.55. The van der Waals surface area contributed by atoms with Gasteiger partial charge in [0.15, 0.2) is 0 Å². The van der Waals surface area contributed by atoms with Crippen molar-refractivity contribution in [1.29, 1.82) is 0 Å². The monoisotopic (exact) mass is 395 g/mol. The second-order valence-corrected chi connectivity index (χ2v) is 8.41. The molecular formula is C20H17N3O2S2. The minimum absolute atomic E-state index is 0.120. The lowest BCUT2D eigenvalue weighted by atomic mass is 9.94. The van der Waals surface area contributed by atoms with Gasteiger partial charge in [-0.1, -0.05) is 36.4 Å². The van der Waals surface area contributed by atoms with Gasteiger partial charge < -0.3 is 4.42 Å². The van der Waals surface area contributed by atoms with Crippen molar-refractivity contribution in [2.24, 2.45) is 0 Å². The molecule has 1 aromatic carbocycles. The number of hydrogen-bond donors (Lipinski definition) is 0. The van der Waals surface area contributed by atoms with E-state index in [1.54, 1.807) is 0 Å². The summed E-state index contributed by atoms with van der Waals surface area (Å²) in [6.07, 6.45) is 0.987. The molecule has 27 heavy (non-hydrogen) atoms. The molecule has 0 aliphatic carbocycles. The third-order valence-electron chi connectivity index (χ3n) is 4.83. The van der Waals surface area contributed by atoms with Gasteiger partial charge >= 0.3 is 5.76 Å². The Hall–Kier alpha value is -2.48. The molecule has 0 bridgehead atoms. The van der Waals surface area contributed by atoms with E-state index in [9.17, 15) is 4.79 Å². The molecule has 0 amide bonds. The Labute approximate surface area is 164 Å². The van der Waals surface area contributed by atoms with Crippen LogP contribution in [0.4, 0.5) is 0 Å². The number of benzene rings is 1. The molecule has 4 aromatic rings. The summed E-state index contributed by atoms with van der Waals surface area (Å²) in [7, 11) is 0. The molecule has 136 valence electrons. The number of hydrogen-bond acceptors (Lipinski definition) is 6. The number of aromatic nitrogens is 2. The smallest absolute Gasteiger partial charge is 0.387 e. The fourth-order valence-corrected chi connectivity index (χ4v) is 5.16. The SMILES string of the molecule is O=c1oc(-c2cccs2)nn1CN1CCc2sccc2[C@H]1c1ccccc1. The van der Waals surface area contributed by atoms with Crippen molar-refractivity contribution >= 4 is 22.7 Å². The van der Waals surface area contributed by atoms with E-state index in [4.69, 9.17) is 4.42 Å². The van der Waals surface area contributed by atoms with Crippen LogP contribution >= 0.6 is 22.7 Å². The standard InChI is InChI=1S/C20H17N3O2S2/c24-20-23(21-19(25-20)17-7-4-11-26-17)13-22-10-8-16-15(9-12-27-16)18(22)14-5-2-1-3-6-14/h1-7,9,11-12,18H,8,10,13H2/t18-/m1/s1. The molecule has 0 unspecified atom stereocenters. The molecule has 0 radical (unpaired) electrons. The van der Waals surface area contributed by atoms with E-state index >= 15 is 0 Å². The minimum Gasteiger partial charge on any atom is -0.387 e. The fourth-order valence-electron chi connectivity index (χ4n) is 3.61. The van der Waals surface area contributed by atoms with E-state index in [2.05, 4.69) is 45.7 Å². The Morgan fingerprint density at radius 1 is 1.07 bits per heavy atom. The Morgan fingerprint density at radius 2 is 1.96 bits per heavy atom. The lowest BCUT2D eigenvalue weighted by molar-refractivity contribution is 0.152. The number of fused-ring (bicyclic) bond motifs is 1. The molecule has 0 saturated heterocycles. The van der Waals surface area contributed by atoms with Gasteiger partial charge in [-0.3, -0.25) is 4.90 Å². The van der Waals surface area contributed by atoms with Gasteiger partial charge in [0.2, 0.25) is 0 Å². The zero-order chi connectivity index (χ0) is 18.2. The first-order chi connectivity index (χ1) is 13.3. The summed E-state index contributed by atoms with van der Waals surface area (Å²) >= 11 is 3.32. The second-order valence-electron chi connectivity index (χ2n) is 6.47. The molecule has 1 aliphatic heterocycles. The van der Waals surface area contributed by atoms with Gasteiger partial charge in [0, 0.05) is 11.4 Å². The second kappa shape index (κ2) is 6.92. The third kappa shape index (κ3) is 3.07. The van der Waals surface area contributed by atoms with Crippen LogP contribution in [0.2, 0.25) is 0 Å². The van der Waals surface area contributed by atoms with Crippen molar-refractivity contribution in [2.75, 3.05) is 6.54 Å². The molecule has 0 spiro atoms. The van der Waals surface area contributed by atoms with Crippen LogP contribution in [0.3, 0.4) is 0 Å². The number of rotatable bonds is 4. The van der Waals surface area contributed by atoms with Crippen molar-refractivity contribution in [3.63, 3.8) is 0 Å². The van der Waals surface area contributed by atoms with Crippen molar-refractivity contribution < 1.29 is 4.42 Å². The molecule has 3 aromatic heterocycles. The highest BCUT2D eigenvalue weighted by molar-refractivity contribution is 7.13. The van der Waals surface area contributed by atoms with E-state index in [0.717, 1.165) is 17.8 Å². The predicted molar refractivity (Wildman–Crippen MR) is 107 cm³/mol. The molecule has 1 aliphatic rings. The molecule has 0 fully saturated rings. The topological polar surface area (TPSA) is 51.3 Å². The van der Waals surface area contributed by atoms with Gasteiger partial charge in [-0.25, -0.2) is 4.79 Å². The van der Waals surface area contributed by atoms with Crippen LogP contribution in [-0.2, 0) is 13.1 Å². The lowest BCUT2D eigenvalue weighted by Crippen LogP contribution is -2.39. The molecule has 0 saturated carbocycles. The first kappa shape index (κ1) is 16.7. The van der Waals surface area contributed by atoms with Gasteiger partial charge in [0.1, 0.15) is 6.67 Å². The molecule has 0 N–H and O–H groups in total. The van der Waals surface area contributed by atoms with Crippen LogP contribution in [0.1, 0.15) is 22.0 Å². The maximum absolute atomic E-state index is 12.4. The number of nitrogens with zero attached hydrogens (tertiary/aromatic N) is 3. The summed E-state index contributed by atoms with van der Waals surface area (Å²) in [6, 6.07) is 16.6. The van der Waals surface area contributed by atoms with E-state index in [-0.39, 0.29) is 6.04 Å². The van der Waals surface area contributed by atoms with Crippen LogP contribution in [0.5, 0.6) is 0 Å². The molecule has 5 rings (SSSR count). The third-order valence-corrected chi connectivity index (χ3v) is 6.69. The Bertz CT molecular complexity index is 1100. The first-order valence-electron chi connectivity index (χ1n) is 8.77. The zero-order valence-corrected chi connectivity index (χ0v) is 16.1. The van der Waals surface area contributed by atoms with Crippen molar-refractivity contribution in [2.45, 2.75) is 19.1 Å². The van der Waals surface area contributed by atoms with Gasteiger partial charge in [-0.05, 0) is 40.4 Å². The van der Waals surface area contributed by atoms with Crippen molar-refractivity contribution in [3.05, 3.63) is 85.8 Å². The lowest BCUT2D eigenvalue weighted by Gasteiger charge is -2.35. The van der Waals surface area contributed by atoms with Crippen molar-refractivity contribution in [1.82, 2.24) is 14.7 Å².